The first kappa shape index (κ1) is 31.1. The molecule has 0 saturated carbocycles. The van der Waals surface area contributed by atoms with Crippen molar-refractivity contribution in [2.75, 3.05) is 0 Å². The molecule has 0 spiro atoms. The van der Waals surface area contributed by atoms with E-state index in [9.17, 15) is 0 Å². The lowest BCUT2D eigenvalue weighted by atomic mass is 10.1. The third-order valence-electron chi connectivity index (χ3n) is 6.22. The van der Waals surface area contributed by atoms with Gasteiger partial charge in [-0.1, -0.05) is 62.4 Å². The molecule has 2 aromatic heterocycles. The molecule has 0 saturated heterocycles. The third-order valence-corrected chi connectivity index (χ3v) is 6.22. The highest BCUT2D eigenvalue weighted by Gasteiger charge is 2.16. The Balaban J connectivity index is 0.00000162. The molecule has 5 rings (SSSR count). The molecule has 3 aromatic carbocycles. The van der Waals surface area contributed by atoms with Gasteiger partial charge in [0.25, 0.3) is 0 Å². The number of benzene rings is 3. The summed E-state index contributed by atoms with van der Waals surface area (Å²) in [4.78, 5) is 0. The monoisotopic (exact) mass is 530 g/mol. The number of para-hydroxylation sites is 4. The second-order valence-corrected chi connectivity index (χ2v) is 8.67. The van der Waals surface area contributed by atoms with E-state index in [1.54, 1.807) is 0 Å². The Morgan fingerprint density at radius 2 is 0.917 bits per heavy atom. The van der Waals surface area contributed by atoms with E-state index >= 15 is 0 Å². The first-order valence-electron chi connectivity index (χ1n) is 11.8. The highest BCUT2D eigenvalue weighted by molar-refractivity contribution is 5.72. The molecule has 4 N–H and O–H groups in total. The van der Waals surface area contributed by atoms with Gasteiger partial charge in [0.1, 0.15) is 13.1 Å². The summed E-state index contributed by atoms with van der Waals surface area (Å²) < 4.78 is 9.47. The summed E-state index contributed by atoms with van der Waals surface area (Å²) in [6, 6.07) is 26.5. The summed E-state index contributed by atoms with van der Waals surface area (Å²) in [5.74, 6) is 0. The van der Waals surface area contributed by atoms with Gasteiger partial charge in [-0.2, -0.15) is 0 Å². The molecule has 0 aliphatic carbocycles. The second kappa shape index (κ2) is 14.0. The van der Waals surface area contributed by atoms with Gasteiger partial charge in [-0.15, -0.1) is 0 Å². The summed E-state index contributed by atoms with van der Waals surface area (Å²) in [7, 11) is 0. The number of imidazole rings is 2. The maximum Gasteiger partial charge on any atom is 0.245 e. The number of aromatic nitrogens is 4. The number of halogens is 2. The summed E-state index contributed by atoms with van der Waals surface area (Å²) in [5.41, 5.74) is 7.87. The fraction of sp³-hybridized carbons (Fsp3) is 0.286. The van der Waals surface area contributed by atoms with Crippen LogP contribution in [0.25, 0.3) is 22.1 Å². The quantitative estimate of drug-likeness (QED) is 0.198. The number of hydrogen-bond acceptors (Lipinski definition) is 0. The molecule has 5 aromatic rings. The molecule has 0 aliphatic heterocycles. The zero-order chi connectivity index (χ0) is 21.9. The van der Waals surface area contributed by atoms with E-state index in [4.69, 9.17) is 0 Å². The third kappa shape index (κ3) is 6.26. The van der Waals surface area contributed by atoms with Gasteiger partial charge in [0.2, 0.25) is 12.7 Å². The van der Waals surface area contributed by atoms with Crippen LogP contribution in [0.15, 0.2) is 85.5 Å². The largest absolute Gasteiger partial charge is 1.00 e. The highest BCUT2D eigenvalue weighted by atomic mass is 35.5. The predicted molar refractivity (Wildman–Crippen MR) is 137 cm³/mol. The Morgan fingerprint density at radius 3 is 1.28 bits per heavy atom. The lowest BCUT2D eigenvalue weighted by Gasteiger charge is -2.03. The average molecular weight is 532 g/mol. The van der Waals surface area contributed by atoms with Gasteiger partial charge in [0.15, 0.2) is 22.1 Å². The van der Waals surface area contributed by atoms with E-state index in [0.29, 0.717) is 0 Å². The molecular formula is C28H36Cl2N4O2. The Kier molecular flexibility index (Phi) is 12.1. The predicted octanol–water partition coefficient (Wildman–Crippen LogP) is -2.55. The average Bonchev–Trinajstić information content (AvgIpc) is 3.34. The van der Waals surface area contributed by atoms with E-state index in [2.05, 4.69) is 118 Å². The molecule has 2 heterocycles. The second-order valence-electron chi connectivity index (χ2n) is 8.67. The molecule has 0 atom stereocenters. The standard InChI is InChI=1S/C28H32N4.2ClH.2H2O/c1-3-17-29-21-31(27-11-7-5-9-25(27)29)19-23-13-15-24(16-14-23)20-32-22-30(18-4-2)26-10-6-8-12-28(26)32;;;;/h5-16,21-22H,3-4,17-20H2,1-2H3;2*1H;2*1H2/q+2;;;;/p-2. The summed E-state index contributed by atoms with van der Waals surface area (Å²) in [6.07, 6.45) is 6.81. The molecule has 36 heavy (non-hydrogen) atoms. The van der Waals surface area contributed by atoms with Crippen LogP contribution in [0.3, 0.4) is 0 Å². The molecule has 194 valence electrons. The fourth-order valence-corrected chi connectivity index (χ4v) is 4.72. The Hall–Kier alpha value is -2.90. The van der Waals surface area contributed by atoms with Crippen molar-refractivity contribution in [2.24, 2.45) is 0 Å². The van der Waals surface area contributed by atoms with Crippen LogP contribution in [0.4, 0.5) is 0 Å². The molecule has 0 unspecified atom stereocenters. The Bertz CT molecular complexity index is 1260. The number of hydrogen-bond donors (Lipinski definition) is 0. The minimum Gasteiger partial charge on any atom is -1.00 e. The Morgan fingerprint density at radius 1 is 0.556 bits per heavy atom. The van der Waals surface area contributed by atoms with E-state index in [-0.39, 0.29) is 35.8 Å². The van der Waals surface area contributed by atoms with Crippen molar-refractivity contribution in [1.82, 2.24) is 9.13 Å². The molecule has 0 radical (unpaired) electrons. The van der Waals surface area contributed by atoms with Gasteiger partial charge in [0, 0.05) is 0 Å². The zero-order valence-electron chi connectivity index (χ0n) is 20.9. The van der Waals surface area contributed by atoms with Crippen LogP contribution in [0.2, 0.25) is 0 Å². The minimum absolute atomic E-state index is 0. The summed E-state index contributed by atoms with van der Waals surface area (Å²) in [6.45, 7) is 8.34. The first-order chi connectivity index (χ1) is 15.8. The summed E-state index contributed by atoms with van der Waals surface area (Å²) >= 11 is 0. The van der Waals surface area contributed by atoms with Crippen LogP contribution in [0.1, 0.15) is 37.8 Å². The molecule has 0 bridgehead atoms. The van der Waals surface area contributed by atoms with Crippen LogP contribution in [-0.4, -0.2) is 20.1 Å². The molecule has 8 heteroatoms. The zero-order valence-corrected chi connectivity index (χ0v) is 22.4. The number of fused-ring (bicyclic) bond motifs is 2. The van der Waals surface area contributed by atoms with Gasteiger partial charge in [-0.3, -0.25) is 0 Å². The van der Waals surface area contributed by atoms with Crippen molar-refractivity contribution in [1.29, 1.82) is 0 Å². The van der Waals surface area contributed by atoms with E-state index in [0.717, 1.165) is 39.0 Å². The van der Waals surface area contributed by atoms with Crippen molar-refractivity contribution in [2.45, 2.75) is 52.9 Å². The van der Waals surface area contributed by atoms with Crippen LogP contribution >= 0.6 is 0 Å². The van der Waals surface area contributed by atoms with Gasteiger partial charge in [-0.05, 0) is 48.2 Å². The van der Waals surface area contributed by atoms with Crippen LogP contribution in [-0.2, 0) is 26.2 Å². The molecule has 0 fully saturated rings. The van der Waals surface area contributed by atoms with E-state index in [1.807, 2.05) is 0 Å². The SMILES string of the molecule is CCCn1c[n+](Cc2ccc(C[n+]3cn(CCC)c4ccccc43)cc2)c2ccccc21.O.O.[Cl-].[Cl-]. The number of rotatable bonds is 8. The topological polar surface area (TPSA) is 80.6 Å². The van der Waals surface area contributed by atoms with E-state index < -0.39 is 0 Å². The lowest BCUT2D eigenvalue weighted by Crippen LogP contribution is -3.00. The highest BCUT2D eigenvalue weighted by Crippen LogP contribution is 2.14. The van der Waals surface area contributed by atoms with Crippen molar-refractivity contribution >= 4 is 22.1 Å². The van der Waals surface area contributed by atoms with Gasteiger partial charge in [0.05, 0.1) is 13.1 Å². The fourth-order valence-electron chi connectivity index (χ4n) is 4.72. The molecule has 0 amide bonds. The van der Waals surface area contributed by atoms with Crippen molar-refractivity contribution in [3.8, 4) is 0 Å². The van der Waals surface area contributed by atoms with Crippen molar-refractivity contribution in [3.05, 3.63) is 96.6 Å². The normalized spacial score (nSPS) is 10.3. The van der Waals surface area contributed by atoms with Crippen molar-refractivity contribution < 1.29 is 44.9 Å². The minimum atomic E-state index is 0. The lowest BCUT2D eigenvalue weighted by molar-refractivity contribution is -0.663. The van der Waals surface area contributed by atoms with Gasteiger partial charge < -0.3 is 35.8 Å². The molecule has 6 nitrogen and oxygen atoms in total. The number of nitrogens with zero attached hydrogens (tertiary/aromatic N) is 4. The van der Waals surface area contributed by atoms with Gasteiger partial charge >= 0.3 is 0 Å². The van der Waals surface area contributed by atoms with Crippen LogP contribution in [0.5, 0.6) is 0 Å². The molecule has 0 aliphatic rings. The van der Waals surface area contributed by atoms with Crippen molar-refractivity contribution in [3.63, 3.8) is 0 Å². The van der Waals surface area contributed by atoms with Crippen LogP contribution in [0, 0.1) is 0 Å². The first-order valence-corrected chi connectivity index (χ1v) is 11.8. The maximum absolute atomic E-state index is 2.37. The summed E-state index contributed by atoms with van der Waals surface area (Å²) in [5, 5.41) is 0. The molecular weight excluding hydrogens is 495 g/mol. The van der Waals surface area contributed by atoms with Crippen LogP contribution < -0.4 is 33.9 Å². The van der Waals surface area contributed by atoms with Gasteiger partial charge in [-0.25, -0.2) is 18.3 Å². The van der Waals surface area contributed by atoms with E-state index in [1.165, 1.54) is 33.2 Å². The maximum atomic E-state index is 2.37. The smallest absolute Gasteiger partial charge is 0.245 e. The Labute approximate surface area is 225 Å². The number of aryl methyl sites for hydroxylation is 2.